The Balaban J connectivity index is 1.85. The highest BCUT2D eigenvalue weighted by Gasteiger charge is 2.29. The molecule has 2 N–H and O–H groups in total. The van der Waals surface area contributed by atoms with Gasteiger partial charge in [-0.05, 0) is 25.3 Å². The molecule has 4 heteroatoms. The van der Waals surface area contributed by atoms with Gasteiger partial charge in [0, 0.05) is 32.2 Å². The van der Waals surface area contributed by atoms with Crippen molar-refractivity contribution in [3.63, 3.8) is 0 Å². The molecule has 4 nitrogen and oxygen atoms in total. The molecule has 2 atom stereocenters. The van der Waals surface area contributed by atoms with Crippen molar-refractivity contribution in [2.75, 3.05) is 26.2 Å². The summed E-state index contributed by atoms with van der Waals surface area (Å²) in [6, 6.07) is 10.5. The summed E-state index contributed by atoms with van der Waals surface area (Å²) in [6.45, 7) is 7.88. The van der Waals surface area contributed by atoms with Gasteiger partial charge in [-0.15, -0.1) is 0 Å². The molecule has 0 saturated carbocycles. The number of hydrogen-bond donors (Lipinski definition) is 2. The Kier molecular flexibility index (Phi) is 8.67. The molecule has 0 amide bonds. The fraction of sp³-hybridized carbons (Fsp3) is 0.650. The van der Waals surface area contributed by atoms with Crippen LogP contribution in [0.5, 0.6) is 0 Å². The summed E-state index contributed by atoms with van der Waals surface area (Å²) in [5.41, 5.74) is 1.27. The molecule has 0 spiro atoms. The largest absolute Gasteiger partial charge is 0.373 e. The third kappa shape index (κ3) is 6.16. The molecule has 1 saturated heterocycles. The standard InChI is InChI=1S/C20H33N3O/c1-3-5-6-10-14-22-20(21-4-2)23-16-18-13-15-24-19(18)17-11-8-7-9-12-17/h7-9,11-12,18-19H,3-6,10,13-16H2,1-2H3,(H2,21,22,23). The van der Waals surface area contributed by atoms with Crippen LogP contribution in [0.2, 0.25) is 0 Å². The number of nitrogens with one attached hydrogen (secondary N) is 2. The second-order valence-electron chi connectivity index (χ2n) is 6.46. The molecule has 1 fully saturated rings. The van der Waals surface area contributed by atoms with Crippen molar-refractivity contribution in [2.24, 2.45) is 10.9 Å². The number of guanidine groups is 1. The van der Waals surface area contributed by atoms with Gasteiger partial charge in [0.1, 0.15) is 0 Å². The smallest absolute Gasteiger partial charge is 0.191 e. The van der Waals surface area contributed by atoms with Crippen LogP contribution in [0.1, 0.15) is 57.6 Å². The molecule has 1 aromatic rings. The molecule has 1 aromatic carbocycles. The number of nitrogens with zero attached hydrogens (tertiary/aromatic N) is 1. The summed E-state index contributed by atoms with van der Waals surface area (Å²) in [5, 5.41) is 6.81. The second-order valence-corrected chi connectivity index (χ2v) is 6.46. The topological polar surface area (TPSA) is 45.7 Å². The van der Waals surface area contributed by atoms with Crippen molar-refractivity contribution in [1.82, 2.24) is 10.6 Å². The molecule has 0 aliphatic carbocycles. The van der Waals surface area contributed by atoms with Gasteiger partial charge in [-0.1, -0.05) is 56.5 Å². The zero-order chi connectivity index (χ0) is 17.0. The Morgan fingerprint density at radius 3 is 2.71 bits per heavy atom. The zero-order valence-corrected chi connectivity index (χ0v) is 15.3. The van der Waals surface area contributed by atoms with Gasteiger partial charge in [-0.3, -0.25) is 4.99 Å². The second kappa shape index (κ2) is 11.1. The maximum absolute atomic E-state index is 5.96. The summed E-state index contributed by atoms with van der Waals surface area (Å²) >= 11 is 0. The van der Waals surface area contributed by atoms with Gasteiger partial charge in [0.2, 0.25) is 0 Å². The zero-order valence-electron chi connectivity index (χ0n) is 15.3. The highest BCUT2D eigenvalue weighted by molar-refractivity contribution is 5.79. The first-order chi connectivity index (χ1) is 11.8. The lowest BCUT2D eigenvalue weighted by Crippen LogP contribution is -2.38. The summed E-state index contributed by atoms with van der Waals surface area (Å²) in [6.07, 6.45) is 6.35. The molecule has 24 heavy (non-hydrogen) atoms. The molecular formula is C20H33N3O. The fourth-order valence-electron chi connectivity index (χ4n) is 3.14. The van der Waals surface area contributed by atoms with Crippen LogP contribution in [-0.2, 0) is 4.74 Å². The predicted octanol–water partition coefficient (Wildman–Crippen LogP) is 3.90. The van der Waals surface area contributed by atoms with Crippen molar-refractivity contribution in [2.45, 2.75) is 52.1 Å². The Morgan fingerprint density at radius 2 is 1.96 bits per heavy atom. The van der Waals surface area contributed by atoms with Crippen molar-refractivity contribution in [1.29, 1.82) is 0 Å². The first-order valence-corrected chi connectivity index (χ1v) is 9.53. The van der Waals surface area contributed by atoms with Crippen LogP contribution in [0.4, 0.5) is 0 Å². The molecule has 1 aliphatic rings. The van der Waals surface area contributed by atoms with E-state index in [0.717, 1.165) is 38.6 Å². The molecule has 2 rings (SSSR count). The summed E-state index contributed by atoms with van der Waals surface area (Å²) in [5.74, 6) is 1.40. The van der Waals surface area contributed by atoms with E-state index in [0.29, 0.717) is 5.92 Å². The molecule has 1 aliphatic heterocycles. The maximum Gasteiger partial charge on any atom is 0.191 e. The van der Waals surface area contributed by atoms with E-state index in [9.17, 15) is 0 Å². The SMILES string of the molecule is CCCCCCNC(=NCC1CCOC1c1ccccc1)NCC. The minimum atomic E-state index is 0.183. The van der Waals surface area contributed by atoms with Gasteiger partial charge in [0.05, 0.1) is 6.10 Å². The van der Waals surface area contributed by atoms with E-state index < -0.39 is 0 Å². The van der Waals surface area contributed by atoms with E-state index >= 15 is 0 Å². The number of ether oxygens (including phenoxy) is 1. The quantitative estimate of drug-likeness (QED) is 0.410. The van der Waals surface area contributed by atoms with Gasteiger partial charge in [-0.25, -0.2) is 0 Å². The van der Waals surface area contributed by atoms with Crippen LogP contribution in [0.15, 0.2) is 35.3 Å². The number of rotatable bonds is 9. The maximum atomic E-state index is 5.96. The third-order valence-electron chi connectivity index (χ3n) is 4.49. The molecule has 0 aromatic heterocycles. The molecule has 1 heterocycles. The van der Waals surface area contributed by atoms with E-state index in [1.54, 1.807) is 0 Å². The first kappa shape index (κ1) is 18.8. The van der Waals surface area contributed by atoms with Gasteiger partial charge >= 0.3 is 0 Å². The van der Waals surface area contributed by atoms with Crippen LogP contribution in [-0.4, -0.2) is 32.2 Å². The number of aliphatic imine (C=N–C) groups is 1. The van der Waals surface area contributed by atoms with Gasteiger partial charge in [0.15, 0.2) is 5.96 Å². The summed E-state index contributed by atoms with van der Waals surface area (Å²) in [4.78, 5) is 4.80. The van der Waals surface area contributed by atoms with Crippen LogP contribution < -0.4 is 10.6 Å². The average molecular weight is 332 g/mol. The lowest BCUT2D eigenvalue weighted by atomic mass is 9.95. The summed E-state index contributed by atoms with van der Waals surface area (Å²) in [7, 11) is 0. The van der Waals surface area contributed by atoms with Gasteiger partial charge < -0.3 is 15.4 Å². The Labute approximate surface area is 147 Å². The van der Waals surface area contributed by atoms with Gasteiger partial charge in [0.25, 0.3) is 0 Å². The third-order valence-corrected chi connectivity index (χ3v) is 4.49. The average Bonchev–Trinajstić information content (AvgIpc) is 3.08. The van der Waals surface area contributed by atoms with Gasteiger partial charge in [-0.2, -0.15) is 0 Å². The van der Waals surface area contributed by atoms with Crippen molar-refractivity contribution in [3.8, 4) is 0 Å². The Morgan fingerprint density at radius 1 is 1.12 bits per heavy atom. The lowest BCUT2D eigenvalue weighted by molar-refractivity contribution is 0.0925. The van der Waals surface area contributed by atoms with Crippen LogP contribution in [0, 0.1) is 5.92 Å². The van der Waals surface area contributed by atoms with Crippen LogP contribution >= 0.6 is 0 Å². The Hall–Kier alpha value is -1.55. The number of hydrogen-bond acceptors (Lipinski definition) is 2. The van der Waals surface area contributed by atoms with Crippen molar-refractivity contribution >= 4 is 5.96 Å². The van der Waals surface area contributed by atoms with E-state index in [-0.39, 0.29) is 6.10 Å². The van der Waals surface area contributed by atoms with E-state index in [2.05, 4.69) is 54.8 Å². The van der Waals surface area contributed by atoms with Crippen LogP contribution in [0.3, 0.4) is 0 Å². The highest BCUT2D eigenvalue weighted by Crippen LogP contribution is 2.34. The van der Waals surface area contributed by atoms with Crippen LogP contribution in [0.25, 0.3) is 0 Å². The molecule has 0 bridgehead atoms. The van der Waals surface area contributed by atoms with Crippen molar-refractivity contribution in [3.05, 3.63) is 35.9 Å². The number of unbranched alkanes of at least 4 members (excludes halogenated alkanes) is 3. The molecule has 2 unspecified atom stereocenters. The minimum Gasteiger partial charge on any atom is -0.373 e. The fourth-order valence-corrected chi connectivity index (χ4v) is 3.14. The normalized spacial score (nSPS) is 21.0. The minimum absolute atomic E-state index is 0.183. The molecular weight excluding hydrogens is 298 g/mol. The summed E-state index contributed by atoms with van der Waals surface area (Å²) < 4.78 is 5.96. The monoisotopic (exact) mass is 331 g/mol. The molecule has 134 valence electrons. The van der Waals surface area contributed by atoms with E-state index in [1.807, 2.05) is 0 Å². The number of benzene rings is 1. The predicted molar refractivity (Wildman–Crippen MR) is 101 cm³/mol. The van der Waals surface area contributed by atoms with Crippen molar-refractivity contribution < 1.29 is 4.74 Å². The Bertz CT molecular complexity index is 475. The first-order valence-electron chi connectivity index (χ1n) is 9.53. The lowest BCUT2D eigenvalue weighted by Gasteiger charge is -2.18. The van der Waals surface area contributed by atoms with E-state index in [4.69, 9.17) is 9.73 Å². The van der Waals surface area contributed by atoms with E-state index in [1.165, 1.54) is 31.2 Å². The highest BCUT2D eigenvalue weighted by atomic mass is 16.5. The molecule has 0 radical (unpaired) electrons.